The summed E-state index contributed by atoms with van der Waals surface area (Å²) in [5, 5.41) is 10.6. The molecule has 1 aliphatic carbocycles. The van der Waals surface area contributed by atoms with Crippen molar-refractivity contribution in [2.75, 3.05) is 30.9 Å². The van der Waals surface area contributed by atoms with Crippen LogP contribution < -0.4 is 20.9 Å². The van der Waals surface area contributed by atoms with Crippen molar-refractivity contribution in [3.8, 4) is 0 Å². The summed E-state index contributed by atoms with van der Waals surface area (Å²) >= 11 is 0. The fourth-order valence-corrected chi connectivity index (χ4v) is 3.84. The number of anilines is 2. The number of nitrogens with one attached hydrogen (secondary N) is 3. The average molecular weight is 399 g/mol. The SMILES string of the molecule is CCCCCNC(=O)NC1CCC(Nc2nc(N(C)C)c3ccccc3n2)CC1. The highest BCUT2D eigenvalue weighted by molar-refractivity contribution is 5.90. The second kappa shape index (κ2) is 10.3. The molecule has 2 amide bonds. The van der Waals surface area contributed by atoms with Gasteiger partial charge in [-0.15, -0.1) is 0 Å². The van der Waals surface area contributed by atoms with Crippen LogP contribution in [0.25, 0.3) is 10.9 Å². The van der Waals surface area contributed by atoms with Crippen LogP contribution in [0.2, 0.25) is 0 Å². The molecular formula is C22H34N6O. The predicted octanol–water partition coefficient (Wildman–Crippen LogP) is 3.91. The van der Waals surface area contributed by atoms with E-state index in [-0.39, 0.29) is 12.1 Å². The first-order chi connectivity index (χ1) is 14.1. The van der Waals surface area contributed by atoms with Crippen LogP contribution in [-0.4, -0.2) is 48.7 Å². The standard InChI is InChI=1S/C22H34N6O/c1-4-5-8-15-23-22(29)25-17-13-11-16(12-14-17)24-21-26-19-10-7-6-9-18(19)20(27-21)28(2)3/h6-7,9-10,16-17H,4-5,8,11-15H2,1-3H3,(H2,23,25,29)(H,24,26,27). The molecule has 1 heterocycles. The molecule has 1 aromatic carbocycles. The lowest BCUT2D eigenvalue weighted by atomic mass is 9.91. The van der Waals surface area contributed by atoms with Gasteiger partial charge < -0.3 is 20.9 Å². The summed E-state index contributed by atoms with van der Waals surface area (Å²) in [5.74, 6) is 1.60. The van der Waals surface area contributed by atoms with Gasteiger partial charge in [-0.1, -0.05) is 31.9 Å². The lowest BCUT2D eigenvalue weighted by molar-refractivity contribution is 0.231. The second-order valence-electron chi connectivity index (χ2n) is 8.08. The van der Waals surface area contributed by atoms with E-state index >= 15 is 0 Å². The van der Waals surface area contributed by atoms with Crippen LogP contribution in [0.15, 0.2) is 24.3 Å². The number of fused-ring (bicyclic) bond motifs is 1. The second-order valence-corrected chi connectivity index (χ2v) is 8.08. The molecule has 0 bridgehead atoms. The Morgan fingerprint density at radius 2 is 1.79 bits per heavy atom. The summed E-state index contributed by atoms with van der Waals surface area (Å²) in [5.41, 5.74) is 0.948. The van der Waals surface area contributed by atoms with Crippen LogP contribution in [0.4, 0.5) is 16.6 Å². The van der Waals surface area contributed by atoms with E-state index in [4.69, 9.17) is 9.97 Å². The van der Waals surface area contributed by atoms with Crippen LogP contribution in [0.1, 0.15) is 51.9 Å². The number of rotatable bonds is 8. The van der Waals surface area contributed by atoms with Gasteiger partial charge >= 0.3 is 6.03 Å². The first kappa shape index (κ1) is 21.1. The summed E-state index contributed by atoms with van der Waals surface area (Å²) in [6, 6.07) is 8.63. The largest absolute Gasteiger partial charge is 0.362 e. The first-order valence-electron chi connectivity index (χ1n) is 10.8. The molecule has 0 saturated heterocycles. The van der Waals surface area contributed by atoms with Gasteiger partial charge in [-0.05, 0) is 44.2 Å². The van der Waals surface area contributed by atoms with Gasteiger partial charge in [0.1, 0.15) is 5.82 Å². The first-order valence-corrected chi connectivity index (χ1v) is 10.8. The Kier molecular flexibility index (Phi) is 7.49. The van der Waals surface area contributed by atoms with E-state index < -0.39 is 0 Å². The van der Waals surface area contributed by atoms with Crippen molar-refractivity contribution in [2.45, 2.75) is 64.0 Å². The predicted molar refractivity (Wildman–Crippen MR) is 120 cm³/mol. The summed E-state index contributed by atoms with van der Waals surface area (Å²) < 4.78 is 0. The van der Waals surface area contributed by atoms with Crippen LogP contribution in [0.3, 0.4) is 0 Å². The molecule has 0 aliphatic heterocycles. The zero-order chi connectivity index (χ0) is 20.6. The quantitative estimate of drug-likeness (QED) is 0.587. The molecule has 1 aliphatic rings. The van der Waals surface area contributed by atoms with Crippen LogP contribution in [-0.2, 0) is 0 Å². The lowest BCUT2D eigenvalue weighted by Crippen LogP contribution is -2.45. The van der Waals surface area contributed by atoms with Crippen molar-refractivity contribution >= 4 is 28.7 Å². The Balaban J connectivity index is 1.51. The van der Waals surface area contributed by atoms with Crippen molar-refractivity contribution < 1.29 is 4.79 Å². The van der Waals surface area contributed by atoms with Crippen molar-refractivity contribution in [3.05, 3.63) is 24.3 Å². The minimum atomic E-state index is -0.0361. The molecule has 0 atom stereocenters. The highest BCUT2D eigenvalue weighted by Crippen LogP contribution is 2.26. The van der Waals surface area contributed by atoms with Gasteiger partial charge in [0.05, 0.1) is 5.52 Å². The average Bonchev–Trinajstić information content (AvgIpc) is 2.72. The number of carbonyl (C=O) groups excluding carboxylic acids is 1. The van der Waals surface area contributed by atoms with E-state index in [1.54, 1.807) is 0 Å². The molecule has 0 radical (unpaired) electrons. The minimum absolute atomic E-state index is 0.0361. The fraction of sp³-hybridized carbons (Fsp3) is 0.591. The fourth-order valence-electron chi connectivity index (χ4n) is 3.84. The summed E-state index contributed by atoms with van der Waals surface area (Å²) in [4.78, 5) is 23.5. The molecule has 3 rings (SSSR count). The number of hydrogen-bond acceptors (Lipinski definition) is 5. The number of carbonyl (C=O) groups is 1. The molecule has 1 fully saturated rings. The Labute approximate surface area is 173 Å². The third-order valence-corrected chi connectivity index (χ3v) is 5.47. The number of hydrogen-bond donors (Lipinski definition) is 3. The molecule has 0 spiro atoms. The van der Waals surface area contributed by atoms with E-state index in [1.165, 1.54) is 0 Å². The van der Waals surface area contributed by atoms with E-state index in [2.05, 4.69) is 28.9 Å². The summed E-state index contributed by atoms with van der Waals surface area (Å²) in [7, 11) is 4.01. The molecule has 7 nitrogen and oxygen atoms in total. The lowest BCUT2D eigenvalue weighted by Gasteiger charge is -2.30. The van der Waals surface area contributed by atoms with Crippen LogP contribution in [0.5, 0.6) is 0 Å². The Bertz CT molecular complexity index is 801. The Hall–Kier alpha value is -2.57. The van der Waals surface area contributed by atoms with E-state index in [1.807, 2.05) is 37.2 Å². The van der Waals surface area contributed by atoms with E-state index in [0.717, 1.165) is 68.2 Å². The van der Waals surface area contributed by atoms with Gasteiger partial charge in [-0.3, -0.25) is 0 Å². The molecule has 2 aromatic rings. The Morgan fingerprint density at radius 1 is 1.07 bits per heavy atom. The van der Waals surface area contributed by atoms with E-state index in [0.29, 0.717) is 12.0 Å². The van der Waals surface area contributed by atoms with Gasteiger partial charge in [-0.25, -0.2) is 9.78 Å². The monoisotopic (exact) mass is 398 g/mol. The van der Waals surface area contributed by atoms with Gasteiger partial charge in [-0.2, -0.15) is 4.98 Å². The van der Waals surface area contributed by atoms with Crippen molar-refractivity contribution in [3.63, 3.8) is 0 Å². The van der Waals surface area contributed by atoms with Crippen LogP contribution in [0, 0.1) is 0 Å². The topological polar surface area (TPSA) is 82.2 Å². The van der Waals surface area contributed by atoms with Gasteiger partial charge in [0.2, 0.25) is 5.95 Å². The number of para-hydroxylation sites is 1. The van der Waals surface area contributed by atoms with Crippen molar-refractivity contribution in [1.29, 1.82) is 0 Å². The third-order valence-electron chi connectivity index (χ3n) is 5.47. The third kappa shape index (κ3) is 5.95. The maximum Gasteiger partial charge on any atom is 0.315 e. The van der Waals surface area contributed by atoms with Crippen molar-refractivity contribution in [2.24, 2.45) is 0 Å². The molecule has 158 valence electrons. The number of benzene rings is 1. The molecule has 0 unspecified atom stereocenters. The van der Waals surface area contributed by atoms with Gasteiger partial charge in [0.15, 0.2) is 0 Å². The van der Waals surface area contributed by atoms with Gasteiger partial charge in [0.25, 0.3) is 0 Å². The number of unbranched alkanes of at least 4 members (excludes halogenated alkanes) is 2. The molecule has 1 saturated carbocycles. The molecule has 3 N–H and O–H groups in total. The minimum Gasteiger partial charge on any atom is -0.362 e. The van der Waals surface area contributed by atoms with Gasteiger partial charge in [0, 0.05) is 38.1 Å². The maximum absolute atomic E-state index is 12.0. The van der Waals surface area contributed by atoms with Crippen molar-refractivity contribution in [1.82, 2.24) is 20.6 Å². The molecular weight excluding hydrogens is 364 g/mol. The van der Waals surface area contributed by atoms with Crippen LogP contribution >= 0.6 is 0 Å². The number of nitrogens with zero attached hydrogens (tertiary/aromatic N) is 3. The zero-order valence-corrected chi connectivity index (χ0v) is 17.9. The molecule has 1 aromatic heterocycles. The number of urea groups is 1. The zero-order valence-electron chi connectivity index (χ0n) is 17.9. The smallest absolute Gasteiger partial charge is 0.315 e. The highest BCUT2D eigenvalue weighted by atomic mass is 16.2. The molecule has 7 heteroatoms. The highest BCUT2D eigenvalue weighted by Gasteiger charge is 2.23. The summed E-state index contributed by atoms with van der Waals surface area (Å²) in [6.07, 6.45) is 7.28. The van der Waals surface area contributed by atoms with E-state index in [9.17, 15) is 4.79 Å². The number of aromatic nitrogens is 2. The number of amides is 2. The normalized spacial score (nSPS) is 19.0. The molecule has 29 heavy (non-hydrogen) atoms. The maximum atomic E-state index is 12.0. The summed E-state index contributed by atoms with van der Waals surface area (Å²) in [6.45, 7) is 2.92. The Morgan fingerprint density at radius 3 is 2.52 bits per heavy atom.